The van der Waals surface area contributed by atoms with Crippen LogP contribution in [0.5, 0.6) is 0 Å². The quantitative estimate of drug-likeness (QED) is 0.571. The van der Waals surface area contributed by atoms with Crippen LogP contribution in [-0.4, -0.2) is 89.5 Å². The molecule has 0 saturated carbocycles. The molecule has 6 amide bonds. The molecule has 1 fully saturated rings. The Morgan fingerprint density at radius 2 is 1.04 bits per heavy atom. The molecule has 1 heterocycles. The van der Waals surface area contributed by atoms with E-state index in [1.807, 2.05) is 0 Å². The molecule has 152 valence electrons. The number of hydrogen-bond acceptors (Lipinski definition) is 5. The molecule has 0 atom stereocenters. The third-order valence-corrected chi connectivity index (χ3v) is 5.14. The number of imide groups is 2. The van der Waals surface area contributed by atoms with Gasteiger partial charge < -0.3 is 9.80 Å². The van der Waals surface area contributed by atoms with Gasteiger partial charge in [0.1, 0.15) is 5.41 Å². The second kappa shape index (κ2) is 8.96. The molecule has 0 unspecified atom stereocenters. The Labute approximate surface area is 160 Å². The van der Waals surface area contributed by atoms with Gasteiger partial charge in [0.2, 0.25) is 23.6 Å². The van der Waals surface area contributed by atoms with Gasteiger partial charge in [-0.05, 0) is 27.7 Å². The van der Waals surface area contributed by atoms with Gasteiger partial charge in [-0.25, -0.2) is 4.79 Å². The molecule has 0 bridgehead atoms. The van der Waals surface area contributed by atoms with Crippen LogP contribution in [0.25, 0.3) is 0 Å². The van der Waals surface area contributed by atoms with Gasteiger partial charge in [0.15, 0.2) is 0 Å². The number of urea groups is 1. The summed E-state index contributed by atoms with van der Waals surface area (Å²) < 4.78 is 0. The van der Waals surface area contributed by atoms with Gasteiger partial charge >= 0.3 is 6.03 Å². The maximum atomic E-state index is 13.0. The fourth-order valence-corrected chi connectivity index (χ4v) is 3.39. The van der Waals surface area contributed by atoms with Crippen LogP contribution in [0.3, 0.4) is 0 Å². The van der Waals surface area contributed by atoms with Crippen molar-refractivity contribution in [2.45, 2.75) is 40.5 Å². The van der Waals surface area contributed by atoms with Crippen molar-refractivity contribution >= 4 is 29.7 Å². The highest BCUT2D eigenvalue weighted by atomic mass is 16.2. The van der Waals surface area contributed by atoms with Crippen molar-refractivity contribution in [1.29, 1.82) is 0 Å². The van der Waals surface area contributed by atoms with E-state index in [0.29, 0.717) is 26.2 Å². The molecule has 0 N–H and O–H groups in total. The SMILES string of the molecule is CCN(CC)C(=O)CC1(CC(=O)N(CC)CC)C(=O)N(C)C(=O)N(C)C1=O. The average molecular weight is 382 g/mol. The third-order valence-electron chi connectivity index (χ3n) is 5.14. The van der Waals surface area contributed by atoms with E-state index in [1.165, 1.54) is 23.9 Å². The van der Waals surface area contributed by atoms with Crippen molar-refractivity contribution in [3.05, 3.63) is 0 Å². The predicted octanol–water partition coefficient (Wildman–Crippen LogP) is 0.540. The summed E-state index contributed by atoms with van der Waals surface area (Å²) in [5.41, 5.74) is -1.91. The second-order valence-corrected chi connectivity index (χ2v) is 6.58. The molecule has 9 heteroatoms. The van der Waals surface area contributed by atoms with E-state index in [9.17, 15) is 24.0 Å². The lowest BCUT2D eigenvalue weighted by Gasteiger charge is -2.42. The predicted molar refractivity (Wildman–Crippen MR) is 98.5 cm³/mol. The van der Waals surface area contributed by atoms with Crippen LogP contribution >= 0.6 is 0 Å². The number of barbiturate groups is 1. The number of rotatable bonds is 8. The smallest absolute Gasteiger partial charge is 0.332 e. The van der Waals surface area contributed by atoms with E-state index in [1.54, 1.807) is 27.7 Å². The van der Waals surface area contributed by atoms with Crippen LogP contribution in [0.1, 0.15) is 40.5 Å². The molecule has 0 aromatic heterocycles. The largest absolute Gasteiger partial charge is 0.343 e. The summed E-state index contributed by atoms with van der Waals surface area (Å²) in [6.07, 6.45) is -0.886. The third kappa shape index (κ3) is 4.12. The maximum absolute atomic E-state index is 13.0. The van der Waals surface area contributed by atoms with Crippen molar-refractivity contribution in [2.24, 2.45) is 5.41 Å². The molecule has 1 aliphatic rings. The van der Waals surface area contributed by atoms with Crippen molar-refractivity contribution < 1.29 is 24.0 Å². The zero-order valence-corrected chi connectivity index (χ0v) is 17.1. The Kier molecular flexibility index (Phi) is 7.50. The molecular formula is C18H30N4O5. The van der Waals surface area contributed by atoms with E-state index >= 15 is 0 Å². The van der Waals surface area contributed by atoms with Crippen LogP contribution in [-0.2, 0) is 19.2 Å². The van der Waals surface area contributed by atoms with E-state index in [-0.39, 0.29) is 0 Å². The molecule has 0 spiro atoms. The highest BCUT2D eigenvalue weighted by Gasteiger charge is 2.58. The Bertz CT molecular complexity index is 573. The monoisotopic (exact) mass is 382 g/mol. The topological polar surface area (TPSA) is 98.3 Å². The molecule has 27 heavy (non-hydrogen) atoms. The fraction of sp³-hybridized carbons (Fsp3) is 0.722. The van der Waals surface area contributed by atoms with Gasteiger partial charge in [-0.3, -0.25) is 29.0 Å². The standard InChI is InChI=1S/C18H30N4O5/c1-7-21(8-2)13(23)11-18(12-14(24)22(9-3)10-4)15(25)19(5)17(27)20(6)16(18)26/h7-12H2,1-6H3. The lowest BCUT2D eigenvalue weighted by molar-refractivity contribution is -0.165. The first-order valence-electron chi connectivity index (χ1n) is 9.26. The van der Waals surface area contributed by atoms with Crippen molar-refractivity contribution in [1.82, 2.24) is 19.6 Å². The summed E-state index contributed by atoms with van der Waals surface area (Å²) in [7, 11) is 2.51. The number of nitrogens with zero attached hydrogens (tertiary/aromatic N) is 4. The van der Waals surface area contributed by atoms with Crippen LogP contribution in [0.4, 0.5) is 4.79 Å². The lowest BCUT2D eigenvalue weighted by atomic mass is 9.76. The van der Waals surface area contributed by atoms with Crippen molar-refractivity contribution in [3.8, 4) is 0 Å². The zero-order valence-electron chi connectivity index (χ0n) is 17.1. The van der Waals surface area contributed by atoms with Crippen LogP contribution in [0.2, 0.25) is 0 Å². The summed E-state index contributed by atoms with van der Waals surface area (Å²) >= 11 is 0. The first-order valence-corrected chi connectivity index (χ1v) is 9.26. The van der Waals surface area contributed by atoms with E-state index in [0.717, 1.165) is 9.80 Å². The molecule has 9 nitrogen and oxygen atoms in total. The molecule has 1 rings (SSSR count). The average Bonchev–Trinajstić information content (AvgIpc) is 2.65. The van der Waals surface area contributed by atoms with Gasteiger partial charge in [0, 0.05) is 40.3 Å². The Morgan fingerprint density at radius 1 is 0.741 bits per heavy atom. The Morgan fingerprint density at radius 3 is 1.30 bits per heavy atom. The second-order valence-electron chi connectivity index (χ2n) is 6.58. The van der Waals surface area contributed by atoms with Gasteiger partial charge in [0.05, 0.1) is 12.8 Å². The lowest BCUT2D eigenvalue weighted by Crippen LogP contribution is -2.65. The molecular weight excluding hydrogens is 352 g/mol. The van der Waals surface area contributed by atoms with Gasteiger partial charge in [-0.1, -0.05) is 0 Å². The first kappa shape index (κ1) is 22.6. The molecule has 0 aromatic rings. The maximum Gasteiger partial charge on any atom is 0.332 e. The van der Waals surface area contributed by atoms with Gasteiger partial charge in [-0.15, -0.1) is 0 Å². The number of carbonyl (C=O) groups excluding carboxylic acids is 5. The first-order chi connectivity index (χ1) is 12.6. The summed E-state index contributed by atoms with van der Waals surface area (Å²) in [6.45, 7) is 8.85. The van der Waals surface area contributed by atoms with Gasteiger partial charge in [0.25, 0.3) is 0 Å². The minimum atomic E-state index is -1.91. The minimum absolute atomic E-state index is 0.398. The number of hydrogen-bond donors (Lipinski definition) is 0. The summed E-state index contributed by atoms with van der Waals surface area (Å²) in [5, 5.41) is 0. The summed E-state index contributed by atoms with van der Waals surface area (Å²) in [4.78, 5) is 68.2. The Balaban J connectivity index is 3.40. The number of amides is 6. The molecule has 0 aromatic carbocycles. The van der Waals surface area contributed by atoms with Crippen molar-refractivity contribution in [2.75, 3.05) is 40.3 Å². The van der Waals surface area contributed by atoms with Gasteiger partial charge in [-0.2, -0.15) is 0 Å². The van der Waals surface area contributed by atoms with Crippen LogP contribution in [0.15, 0.2) is 0 Å². The zero-order chi connectivity index (χ0) is 20.9. The normalized spacial score (nSPS) is 16.6. The van der Waals surface area contributed by atoms with E-state index in [4.69, 9.17) is 0 Å². The molecule has 1 saturated heterocycles. The van der Waals surface area contributed by atoms with Crippen LogP contribution < -0.4 is 0 Å². The summed E-state index contributed by atoms with van der Waals surface area (Å²) in [5.74, 6) is -2.41. The van der Waals surface area contributed by atoms with E-state index in [2.05, 4.69) is 0 Å². The molecule has 0 radical (unpaired) electrons. The fourth-order valence-electron chi connectivity index (χ4n) is 3.39. The Hall–Kier alpha value is -2.45. The van der Waals surface area contributed by atoms with Crippen molar-refractivity contribution in [3.63, 3.8) is 0 Å². The highest BCUT2D eigenvalue weighted by molar-refractivity contribution is 6.21. The highest BCUT2D eigenvalue weighted by Crippen LogP contribution is 2.36. The van der Waals surface area contributed by atoms with E-state index < -0.39 is 47.9 Å². The minimum Gasteiger partial charge on any atom is -0.343 e. The molecule has 0 aliphatic carbocycles. The number of carbonyl (C=O) groups is 5. The molecule has 1 aliphatic heterocycles. The summed E-state index contributed by atoms with van der Waals surface area (Å²) in [6, 6.07) is -0.772. The van der Waals surface area contributed by atoms with Crippen LogP contribution in [0, 0.1) is 5.41 Å².